The van der Waals surface area contributed by atoms with Crippen LogP contribution in [0.25, 0.3) is 0 Å². The summed E-state index contributed by atoms with van der Waals surface area (Å²) in [5.41, 5.74) is 0. The van der Waals surface area contributed by atoms with Gasteiger partial charge in [0, 0.05) is 18.2 Å². The van der Waals surface area contributed by atoms with E-state index < -0.39 is 9.84 Å². The lowest BCUT2D eigenvalue weighted by Crippen LogP contribution is -2.40. The minimum Gasteiger partial charge on any atom is -0.303 e. The lowest BCUT2D eigenvalue weighted by molar-refractivity contribution is 0.188. The molecule has 0 aromatic heterocycles. The second-order valence-electron chi connectivity index (χ2n) is 4.57. The molecule has 1 fully saturated rings. The van der Waals surface area contributed by atoms with Crippen LogP contribution in [0.15, 0.2) is 0 Å². The summed E-state index contributed by atoms with van der Waals surface area (Å²) >= 11 is 6.12. The minimum atomic E-state index is -2.80. The summed E-state index contributed by atoms with van der Waals surface area (Å²) in [6, 6.07) is 0. The molecule has 2 unspecified atom stereocenters. The highest BCUT2D eigenvalue weighted by Gasteiger charge is 2.23. The zero-order valence-corrected chi connectivity index (χ0v) is 11.0. The van der Waals surface area contributed by atoms with Crippen molar-refractivity contribution in [1.29, 1.82) is 0 Å². The van der Waals surface area contributed by atoms with Gasteiger partial charge in [-0.05, 0) is 31.8 Å². The Hall–Kier alpha value is 0.200. The maximum atomic E-state index is 10.9. The molecule has 3 nitrogen and oxygen atoms in total. The van der Waals surface area contributed by atoms with Gasteiger partial charge in [-0.15, -0.1) is 11.6 Å². The Kier molecular flexibility index (Phi) is 4.87. The second-order valence-corrected chi connectivity index (χ2v) is 7.39. The van der Waals surface area contributed by atoms with Gasteiger partial charge in [0.2, 0.25) is 0 Å². The molecule has 0 saturated carbocycles. The van der Waals surface area contributed by atoms with E-state index in [1.807, 2.05) is 0 Å². The SMILES string of the molecule is CC1CN(CCCS(C)(=O)=O)CCC1Cl. The van der Waals surface area contributed by atoms with Crippen molar-refractivity contribution in [3.8, 4) is 0 Å². The molecule has 1 aliphatic heterocycles. The number of likely N-dealkylation sites (tertiary alicyclic amines) is 1. The van der Waals surface area contributed by atoms with Gasteiger partial charge in [0.05, 0.1) is 5.75 Å². The molecule has 0 N–H and O–H groups in total. The van der Waals surface area contributed by atoms with Crippen LogP contribution < -0.4 is 0 Å². The van der Waals surface area contributed by atoms with Crippen LogP contribution >= 0.6 is 11.6 Å². The number of halogens is 1. The lowest BCUT2D eigenvalue weighted by Gasteiger charge is -2.33. The first-order valence-corrected chi connectivity index (χ1v) is 7.92. The topological polar surface area (TPSA) is 37.4 Å². The fourth-order valence-electron chi connectivity index (χ4n) is 1.96. The summed E-state index contributed by atoms with van der Waals surface area (Å²) in [6.45, 7) is 5.03. The second kappa shape index (κ2) is 5.51. The summed E-state index contributed by atoms with van der Waals surface area (Å²) in [5, 5.41) is 0.288. The Balaban J connectivity index is 2.23. The average molecular weight is 254 g/mol. The van der Waals surface area contributed by atoms with Crippen molar-refractivity contribution in [1.82, 2.24) is 4.90 Å². The van der Waals surface area contributed by atoms with Gasteiger partial charge in [-0.1, -0.05) is 6.92 Å². The van der Waals surface area contributed by atoms with Crippen LogP contribution in [0.5, 0.6) is 0 Å². The van der Waals surface area contributed by atoms with Crippen LogP contribution in [0.3, 0.4) is 0 Å². The van der Waals surface area contributed by atoms with Gasteiger partial charge in [0.15, 0.2) is 0 Å². The van der Waals surface area contributed by atoms with Crippen molar-refractivity contribution in [2.75, 3.05) is 31.6 Å². The Morgan fingerprint density at radius 3 is 2.67 bits per heavy atom. The predicted molar refractivity (Wildman–Crippen MR) is 64.2 cm³/mol. The summed E-state index contributed by atoms with van der Waals surface area (Å²) in [5.74, 6) is 0.806. The molecule has 1 heterocycles. The Morgan fingerprint density at radius 2 is 2.13 bits per heavy atom. The molecular formula is C10H20ClNO2S. The first-order valence-electron chi connectivity index (χ1n) is 5.42. The van der Waals surface area contributed by atoms with Crippen LogP contribution in [0.1, 0.15) is 19.8 Å². The number of sulfone groups is 1. The van der Waals surface area contributed by atoms with Gasteiger partial charge >= 0.3 is 0 Å². The Labute approximate surface area is 97.7 Å². The van der Waals surface area contributed by atoms with Gasteiger partial charge in [-0.3, -0.25) is 0 Å². The minimum absolute atomic E-state index is 0.288. The molecule has 0 spiro atoms. The monoisotopic (exact) mass is 253 g/mol. The number of nitrogens with zero attached hydrogens (tertiary/aromatic N) is 1. The van der Waals surface area contributed by atoms with Crippen LogP contribution in [-0.2, 0) is 9.84 Å². The number of hydrogen-bond acceptors (Lipinski definition) is 3. The van der Waals surface area contributed by atoms with Crippen molar-refractivity contribution >= 4 is 21.4 Å². The highest BCUT2D eigenvalue weighted by atomic mass is 35.5. The summed E-state index contributed by atoms with van der Waals surface area (Å²) in [6.07, 6.45) is 3.04. The highest BCUT2D eigenvalue weighted by molar-refractivity contribution is 7.90. The molecule has 1 rings (SSSR count). The molecule has 0 aliphatic carbocycles. The Morgan fingerprint density at radius 1 is 1.47 bits per heavy atom. The van der Waals surface area contributed by atoms with Gasteiger partial charge < -0.3 is 4.90 Å². The third-order valence-corrected chi connectivity index (χ3v) is 4.55. The van der Waals surface area contributed by atoms with Gasteiger partial charge in [0.25, 0.3) is 0 Å². The first-order chi connectivity index (χ1) is 6.88. The first kappa shape index (κ1) is 13.3. The molecule has 0 bridgehead atoms. The molecular weight excluding hydrogens is 234 g/mol. The van der Waals surface area contributed by atoms with Crippen molar-refractivity contribution in [2.24, 2.45) is 5.92 Å². The van der Waals surface area contributed by atoms with E-state index in [2.05, 4.69) is 11.8 Å². The standard InChI is InChI=1S/C10H20ClNO2S/c1-9-8-12(6-4-10(9)11)5-3-7-15(2,13)14/h9-10H,3-8H2,1-2H3. The van der Waals surface area contributed by atoms with E-state index in [1.165, 1.54) is 6.26 Å². The lowest BCUT2D eigenvalue weighted by atomic mass is 9.99. The zero-order valence-electron chi connectivity index (χ0n) is 9.45. The quantitative estimate of drug-likeness (QED) is 0.711. The molecule has 1 aliphatic rings. The fourth-order valence-corrected chi connectivity index (χ4v) is 2.79. The molecule has 0 aromatic carbocycles. The summed E-state index contributed by atoms with van der Waals surface area (Å²) < 4.78 is 21.9. The van der Waals surface area contributed by atoms with Gasteiger partial charge in [0.1, 0.15) is 9.84 Å². The smallest absolute Gasteiger partial charge is 0.147 e. The predicted octanol–water partition coefficient (Wildman–Crippen LogP) is 1.37. The molecule has 2 atom stereocenters. The van der Waals surface area contributed by atoms with Crippen molar-refractivity contribution < 1.29 is 8.42 Å². The van der Waals surface area contributed by atoms with E-state index in [-0.39, 0.29) is 5.38 Å². The number of hydrogen-bond donors (Lipinski definition) is 0. The number of piperidine rings is 1. The average Bonchev–Trinajstić information content (AvgIpc) is 2.09. The number of alkyl halides is 1. The molecule has 0 amide bonds. The normalized spacial score (nSPS) is 29.3. The van der Waals surface area contributed by atoms with E-state index in [4.69, 9.17) is 11.6 Å². The largest absolute Gasteiger partial charge is 0.303 e. The van der Waals surface area contributed by atoms with Crippen molar-refractivity contribution in [3.63, 3.8) is 0 Å². The fraction of sp³-hybridized carbons (Fsp3) is 1.00. The maximum Gasteiger partial charge on any atom is 0.147 e. The maximum absolute atomic E-state index is 10.9. The van der Waals surface area contributed by atoms with Gasteiger partial charge in [-0.2, -0.15) is 0 Å². The van der Waals surface area contributed by atoms with E-state index >= 15 is 0 Å². The third kappa shape index (κ3) is 5.18. The van der Waals surface area contributed by atoms with Crippen LogP contribution in [-0.4, -0.2) is 50.3 Å². The molecule has 0 aromatic rings. The molecule has 90 valence electrons. The highest BCUT2D eigenvalue weighted by Crippen LogP contribution is 2.21. The molecule has 5 heteroatoms. The third-order valence-electron chi connectivity index (χ3n) is 2.87. The Bertz CT molecular complexity index is 292. The van der Waals surface area contributed by atoms with Crippen molar-refractivity contribution in [2.45, 2.75) is 25.1 Å². The van der Waals surface area contributed by atoms with E-state index in [9.17, 15) is 8.42 Å². The molecule has 1 saturated heterocycles. The number of rotatable bonds is 4. The van der Waals surface area contributed by atoms with E-state index in [0.717, 1.165) is 32.5 Å². The zero-order chi connectivity index (χ0) is 11.5. The van der Waals surface area contributed by atoms with Crippen LogP contribution in [0.2, 0.25) is 0 Å². The van der Waals surface area contributed by atoms with Crippen molar-refractivity contribution in [3.05, 3.63) is 0 Å². The summed E-state index contributed by atoms with van der Waals surface area (Å²) in [7, 11) is -2.80. The van der Waals surface area contributed by atoms with Gasteiger partial charge in [-0.25, -0.2) is 8.42 Å². The summed E-state index contributed by atoms with van der Waals surface area (Å²) in [4.78, 5) is 2.31. The molecule has 0 radical (unpaired) electrons. The molecule has 15 heavy (non-hydrogen) atoms. The van der Waals surface area contributed by atoms with E-state index in [0.29, 0.717) is 11.7 Å². The van der Waals surface area contributed by atoms with Crippen LogP contribution in [0, 0.1) is 5.92 Å². The van der Waals surface area contributed by atoms with E-state index in [1.54, 1.807) is 0 Å². The van der Waals surface area contributed by atoms with Crippen LogP contribution in [0.4, 0.5) is 0 Å².